The Morgan fingerprint density at radius 1 is 1.29 bits per heavy atom. The summed E-state index contributed by atoms with van der Waals surface area (Å²) >= 11 is 5.73. The molecule has 4 nitrogen and oxygen atoms in total. The number of likely N-dealkylation sites (N-methyl/N-ethyl adjacent to an activating group) is 1. The predicted octanol–water partition coefficient (Wildman–Crippen LogP) is 1.82. The molecule has 0 fully saturated rings. The number of carbonyl (C=O) groups is 2. The summed E-state index contributed by atoms with van der Waals surface area (Å²) in [7, 11) is 0. The van der Waals surface area contributed by atoms with Crippen molar-refractivity contribution >= 4 is 23.5 Å². The highest BCUT2D eigenvalue weighted by Gasteiger charge is 2.14. The Bertz CT molecular complexity index is 403. The molecule has 1 aromatic rings. The van der Waals surface area contributed by atoms with Gasteiger partial charge in [0.2, 0.25) is 5.91 Å². The van der Waals surface area contributed by atoms with E-state index < -0.39 is 5.97 Å². The van der Waals surface area contributed by atoms with Gasteiger partial charge in [0.1, 0.15) is 6.54 Å². The number of carboxylic acids is 1. The molecule has 0 saturated heterocycles. The lowest BCUT2D eigenvalue weighted by atomic mass is 10.1. The van der Waals surface area contributed by atoms with Gasteiger partial charge >= 0.3 is 5.97 Å². The topological polar surface area (TPSA) is 57.6 Å². The van der Waals surface area contributed by atoms with Crippen LogP contribution in [0.3, 0.4) is 0 Å². The third kappa shape index (κ3) is 4.44. The predicted molar refractivity (Wildman–Crippen MR) is 65.0 cm³/mol. The minimum Gasteiger partial charge on any atom is -0.480 e. The zero-order chi connectivity index (χ0) is 12.8. The maximum absolute atomic E-state index is 11.8. The van der Waals surface area contributed by atoms with Crippen LogP contribution < -0.4 is 0 Å². The number of carbonyl (C=O) groups excluding carboxylic acids is 1. The van der Waals surface area contributed by atoms with E-state index in [9.17, 15) is 9.59 Å². The summed E-state index contributed by atoms with van der Waals surface area (Å²) < 4.78 is 0. The molecular formula is C12H14ClNO3. The third-order valence-electron chi connectivity index (χ3n) is 2.33. The van der Waals surface area contributed by atoms with Gasteiger partial charge in [-0.1, -0.05) is 23.7 Å². The lowest BCUT2D eigenvalue weighted by Gasteiger charge is -2.18. The second-order valence-electron chi connectivity index (χ2n) is 3.60. The molecule has 0 saturated carbocycles. The largest absolute Gasteiger partial charge is 0.480 e. The summed E-state index contributed by atoms with van der Waals surface area (Å²) in [5.74, 6) is -1.20. The van der Waals surface area contributed by atoms with Crippen LogP contribution in [0.5, 0.6) is 0 Å². The molecule has 1 amide bonds. The van der Waals surface area contributed by atoms with E-state index in [1.54, 1.807) is 31.2 Å². The number of nitrogens with zero attached hydrogens (tertiary/aromatic N) is 1. The fourth-order valence-corrected chi connectivity index (χ4v) is 1.55. The van der Waals surface area contributed by atoms with Crippen molar-refractivity contribution in [3.63, 3.8) is 0 Å². The first-order valence-corrected chi connectivity index (χ1v) is 5.64. The van der Waals surface area contributed by atoms with E-state index in [1.165, 1.54) is 4.90 Å². The number of hydrogen-bond acceptors (Lipinski definition) is 2. The summed E-state index contributed by atoms with van der Waals surface area (Å²) in [5, 5.41) is 9.27. The van der Waals surface area contributed by atoms with Crippen molar-refractivity contribution < 1.29 is 14.7 Å². The van der Waals surface area contributed by atoms with E-state index >= 15 is 0 Å². The molecule has 0 aliphatic rings. The molecule has 0 aliphatic carbocycles. The molecule has 1 aromatic carbocycles. The second kappa shape index (κ2) is 6.25. The molecule has 0 radical (unpaired) electrons. The Kier molecular flexibility index (Phi) is 4.97. The maximum atomic E-state index is 11.8. The van der Waals surface area contributed by atoms with Crippen molar-refractivity contribution in [2.24, 2.45) is 0 Å². The van der Waals surface area contributed by atoms with Crippen LogP contribution in [0.1, 0.15) is 12.5 Å². The van der Waals surface area contributed by atoms with Crippen molar-refractivity contribution in [3.8, 4) is 0 Å². The minimum atomic E-state index is -1.00. The summed E-state index contributed by atoms with van der Waals surface area (Å²) in [5.41, 5.74) is 0.822. The standard InChI is InChI=1S/C12H14ClNO3/c1-2-14(8-12(16)17)11(15)7-9-3-5-10(13)6-4-9/h3-6H,2,7-8H2,1H3,(H,16,17). The first kappa shape index (κ1) is 13.5. The second-order valence-corrected chi connectivity index (χ2v) is 4.04. The molecule has 0 unspecified atom stereocenters. The fraction of sp³-hybridized carbons (Fsp3) is 0.333. The van der Waals surface area contributed by atoms with Crippen molar-refractivity contribution in [1.82, 2.24) is 4.90 Å². The summed E-state index contributed by atoms with van der Waals surface area (Å²) in [4.78, 5) is 23.7. The van der Waals surface area contributed by atoms with Gasteiger partial charge in [0.15, 0.2) is 0 Å². The molecule has 0 aromatic heterocycles. The number of amides is 1. The molecule has 0 atom stereocenters. The van der Waals surface area contributed by atoms with Crippen LogP contribution in [0.25, 0.3) is 0 Å². The van der Waals surface area contributed by atoms with E-state index in [2.05, 4.69) is 0 Å². The van der Waals surface area contributed by atoms with Gasteiger partial charge in [-0.3, -0.25) is 9.59 Å². The highest BCUT2D eigenvalue weighted by atomic mass is 35.5. The maximum Gasteiger partial charge on any atom is 0.323 e. The van der Waals surface area contributed by atoms with Crippen LogP contribution >= 0.6 is 11.6 Å². The molecule has 5 heteroatoms. The monoisotopic (exact) mass is 255 g/mol. The van der Waals surface area contributed by atoms with Crippen LogP contribution in [0.2, 0.25) is 5.02 Å². The number of halogens is 1. The molecule has 0 aliphatic heterocycles. The normalized spacial score (nSPS) is 10.0. The van der Waals surface area contributed by atoms with Crippen molar-refractivity contribution in [1.29, 1.82) is 0 Å². The molecule has 17 heavy (non-hydrogen) atoms. The van der Waals surface area contributed by atoms with E-state index in [1.807, 2.05) is 0 Å². The first-order valence-electron chi connectivity index (χ1n) is 5.27. The first-order chi connectivity index (χ1) is 8.02. The van der Waals surface area contributed by atoms with Gasteiger partial charge in [0.25, 0.3) is 0 Å². The van der Waals surface area contributed by atoms with Crippen LogP contribution in [0.4, 0.5) is 0 Å². The van der Waals surface area contributed by atoms with Crippen LogP contribution in [0.15, 0.2) is 24.3 Å². The Labute approximate surface area is 105 Å². The smallest absolute Gasteiger partial charge is 0.323 e. The van der Waals surface area contributed by atoms with Gasteiger partial charge in [0.05, 0.1) is 6.42 Å². The van der Waals surface area contributed by atoms with Gasteiger partial charge in [-0.15, -0.1) is 0 Å². The third-order valence-corrected chi connectivity index (χ3v) is 2.58. The molecule has 92 valence electrons. The Hall–Kier alpha value is -1.55. The molecule has 1 N–H and O–H groups in total. The molecular weight excluding hydrogens is 242 g/mol. The zero-order valence-corrected chi connectivity index (χ0v) is 10.3. The number of benzene rings is 1. The number of rotatable bonds is 5. The average Bonchev–Trinajstić information content (AvgIpc) is 2.28. The SMILES string of the molecule is CCN(CC(=O)O)C(=O)Cc1ccc(Cl)cc1. The lowest BCUT2D eigenvalue weighted by Crippen LogP contribution is -2.36. The molecule has 0 spiro atoms. The molecule has 0 bridgehead atoms. The summed E-state index contributed by atoms with van der Waals surface area (Å²) in [6, 6.07) is 6.93. The van der Waals surface area contributed by atoms with Gasteiger partial charge in [-0.2, -0.15) is 0 Å². The molecule has 1 rings (SSSR count). The highest BCUT2D eigenvalue weighted by Crippen LogP contribution is 2.10. The number of aliphatic carboxylic acids is 1. The zero-order valence-electron chi connectivity index (χ0n) is 9.52. The Balaban J connectivity index is 2.63. The minimum absolute atomic E-state index is 0.193. The molecule has 0 heterocycles. The van der Waals surface area contributed by atoms with Crippen molar-refractivity contribution in [3.05, 3.63) is 34.9 Å². The summed E-state index contributed by atoms with van der Waals surface area (Å²) in [6.07, 6.45) is 0.193. The van der Waals surface area contributed by atoms with Crippen molar-refractivity contribution in [2.45, 2.75) is 13.3 Å². The Morgan fingerprint density at radius 3 is 2.35 bits per heavy atom. The van der Waals surface area contributed by atoms with E-state index in [-0.39, 0.29) is 18.9 Å². The highest BCUT2D eigenvalue weighted by molar-refractivity contribution is 6.30. The van der Waals surface area contributed by atoms with E-state index in [0.29, 0.717) is 11.6 Å². The van der Waals surface area contributed by atoms with Gasteiger partial charge in [-0.25, -0.2) is 0 Å². The average molecular weight is 256 g/mol. The number of carboxylic acid groups (broad SMARTS) is 1. The van der Waals surface area contributed by atoms with Gasteiger partial charge < -0.3 is 10.0 Å². The Morgan fingerprint density at radius 2 is 1.88 bits per heavy atom. The van der Waals surface area contributed by atoms with Gasteiger partial charge in [0, 0.05) is 11.6 Å². The number of hydrogen-bond donors (Lipinski definition) is 1. The summed E-state index contributed by atoms with van der Waals surface area (Å²) in [6.45, 7) is 1.88. The van der Waals surface area contributed by atoms with E-state index in [0.717, 1.165) is 5.56 Å². The van der Waals surface area contributed by atoms with Crippen LogP contribution in [-0.2, 0) is 16.0 Å². The van der Waals surface area contributed by atoms with Crippen LogP contribution in [0, 0.1) is 0 Å². The van der Waals surface area contributed by atoms with Crippen LogP contribution in [-0.4, -0.2) is 35.0 Å². The lowest BCUT2D eigenvalue weighted by molar-refractivity contribution is -0.144. The van der Waals surface area contributed by atoms with E-state index in [4.69, 9.17) is 16.7 Å². The fourth-order valence-electron chi connectivity index (χ4n) is 1.43. The van der Waals surface area contributed by atoms with Crippen molar-refractivity contribution in [2.75, 3.05) is 13.1 Å². The van der Waals surface area contributed by atoms with Gasteiger partial charge in [-0.05, 0) is 24.6 Å². The quantitative estimate of drug-likeness (QED) is 0.873.